The summed E-state index contributed by atoms with van der Waals surface area (Å²) in [6.45, 7) is 4.83. The minimum atomic E-state index is -3.52. The van der Waals surface area contributed by atoms with Gasteiger partial charge in [0.1, 0.15) is 11.3 Å². The number of hydrogen-bond acceptors (Lipinski definition) is 5. The second-order valence-electron chi connectivity index (χ2n) is 6.36. The first-order chi connectivity index (χ1) is 12.9. The van der Waals surface area contributed by atoms with Gasteiger partial charge in [-0.1, -0.05) is 42.4 Å². The van der Waals surface area contributed by atoms with Gasteiger partial charge in [0.15, 0.2) is 0 Å². The van der Waals surface area contributed by atoms with Gasteiger partial charge < -0.3 is 9.42 Å². The van der Waals surface area contributed by atoms with Gasteiger partial charge in [0.25, 0.3) is 5.91 Å². The molecule has 0 spiro atoms. The predicted octanol–water partition coefficient (Wildman–Crippen LogP) is 2.30. The lowest BCUT2D eigenvalue weighted by molar-refractivity contribution is 0.0696. The smallest absolute Gasteiger partial charge is 0.259 e. The van der Waals surface area contributed by atoms with Crippen LogP contribution in [0.2, 0.25) is 0 Å². The minimum absolute atomic E-state index is 0.150. The molecule has 8 heteroatoms. The van der Waals surface area contributed by atoms with Gasteiger partial charge in [-0.15, -0.1) is 0 Å². The van der Waals surface area contributed by atoms with Crippen molar-refractivity contribution < 1.29 is 17.7 Å². The fourth-order valence-corrected chi connectivity index (χ4v) is 4.23. The second-order valence-corrected chi connectivity index (χ2v) is 8.18. The van der Waals surface area contributed by atoms with E-state index in [1.54, 1.807) is 17.9 Å². The summed E-state index contributed by atoms with van der Waals surface area (Å²) in [6.07, 6.45) is 2.19. The van der Waals surface area contributed by atoms with Crippen LogP contribution in [-0.4, -0.2) is 54.9 Å². The quantitative estimate of drug-likeness (QED) is 0.784. The van der Waals surface area contributed by atoms with E-state index in [9.17, 15) is 13.2 Å². The SMILES string of the molecule is CCc1noc(C)c1C(=O)N1CCN(S(=O)(=O)C=Cc2ccccc2)CC1. The third-order valence-electron chi connectivity index (χ3n) is 4.60. The normalized spacial score (nSPS) is 16.1. The number of aromatic nitrogens is 1. The van der Waals surface area contributed by atoms with Crippen molar-refractivity contribution in [2.75, 3.05) is 26.2 Å². The average molecular weight is 389 g/mol. The average Bonchev–Trinajstić information content (AvgIpc) is 3.07. The molecular formula is C19H23N3O4S. The van der Waals surface area contributed by atoms with Crippen LogP contribution >= 0.6 is 0 Å². The van der Waals surface area contributed by atoms with Crippen molar-refractivity contribution in [2.45, 2.75) is 20.3 Å². The highest BCUT2D eigenvalue weighted by molar-refractivity contribution is 7.92. The maximum absolute atomic E-state index is 12.8. The molecule has 1 saturated heterocycles. The molecule has 0 bridgehead atoms. The number of aryl methyl sites for hydroxylation is 2. The zero-order chi connectivity index (χ0) is 19.4. The van der Waals surface area contributed by atoms with E-state index in [4.69, 9.17) is 4.52 Å². The van der Waals surface area contributed by atoms with Crippen molar-refractivity contribution in [1.29, 1.82) is 0 Å². The zero-order valence-electron chi connectivity index (χ0n) is 15.5. The van der Waals surface area contributed by atoms with Crippen LogP contribution < -0.4 is 0 Å². The number of amides is 1. The van der Waals surface area contributed by atoms with Crippen molar-refractivity contribution in [3.8, 4) is 0 Å². The molecule has 0 unspecified atom stereocenters. The molecule has 0 saturated carbocycles. The predicted molar refractivity (Wildman–Crippen MR) is 102 cm³/mol. The number of carbonyl (C=O) groups is 1. The number of hydrogen-bond donors (Lipinski definition) is 0. The Morgan fingerprint density at radius 1 is 1.19 bits per heavy atom. The van der Waals surface area contributed by atoms with Crippen LogP contribution in [0.5, 0.6) is 0 Å². The maximum atomic E-state index is 12.8. The molecule has 1 aliphatic heterocycles. The first-order valence-corrected chi connectivity index (χ1v) is 10.4. The molecule has 1 aliphatic rings. The van der Waals surface area contributed by atoms with Crippen molar-refractivity contribution >= 4 is 22.0 Å². The van der Waals surface area contributed by atoms with Gasteiger partial charge in [-0.3, -0.25) is 4.79 Å². The van der Waals surface area contributed by atoms with Crippen LogP contribution in [0.25, 0.3) is 6.08 Å². The van der Waals surface area contributed by atoms with Crippen molar-refractivity contribution in [1.82, 2.24) is 14.4 Å². The summed E-state index contributed by atoms with van der Waals surface area (Å²) in [6, 6.07) is 9.27. The minimum Gasteiger partial charge on any atom is -0.361 e. The molecule has 0 atom stereocenters. The summed E-state index contributed by atoms with van der Waals surface area (Å²) in [5, 5.41) is 5.14. The number of carbonyl (C=O) groups excluding carboxylic acids is 1. The Hall–Kier alpha value is -2.45. The molecule has 7 nitrogen and oxygen atoms in total. The molecule has 0 radical (unpaired) electrons. The van der Waals surface area contributed by atoms with E-state index in [1.807, 2.05) is 37.3 Å². The number of piperazine rings is 1. The van der Waals surface area contributed by atoms with Gasteiger partial charge >= 0.3 is 0 Å². The maximum Gasteiger partial charge on any atom is 0.259 e. The Morgan fingerprint density at radius 3 is 2.48 bits per heavy atom. The molecule has 1 fully saturated rings. The van der Waals surface area contributed by atoms with Gasteiger partial charge in [-0.2, -0.15) is 4.31 Å². The summed E-state index contributed by atoms with van der Waals surface area (Å²) in [5.74, 6) is 0.347. The van der Waals surface area contributed by atoms with Crippen LogP contribution in [0.4, 0.5) is 0 Å². The molecule has 144 valence electrons. The van der Waals surface area contributed by atoms with Crippen LogP contribution in [0.1, 0.15) is 34.3 Å². The highest BCUT2D eigenvalue weighted by atomic mass is 32.2. The van der Waals surface area contributed by atoms with E-state index < -0.39 is 10.0 Å². The van der Waals surface area contributed by atoms with E-state index in [2.05, 4.69) is 5.16 Å². The second kappa shape index (κ2) is 8.06. The van der Waals surface area contributed by atoms with Crippen molar-refractivity contribution in [3.63, 3.8) is 0 Å². The molecule has 1 aromatic heterocycles. The van der Waals surface area contributed by atoms with Crippen LogP contribution in [0.15, 0.2) is 40.3 Å². The number of nitrogens with zero attached hydrogens (tertiary/aromatic N) is 3. The van der Waals surface area contributed by atoms with E-state index in [-0.39, 0.29) is 19.0 Å². The van der Waals surface area contributed by atoms with E-state index >= 15 is 0 Å². The van der Waals surface area contributed by atoms with Crippen LogP contribution in [0, 0.1) is 6.92 Å². The van der Waals surface area contributed by atoms with Gasteiger partial charge in [-0.25, -0.2) is 8.42 Å². The third-order valence-corrected chi connectivity index (χ3v) is 6.16. The lowest BCUT2D eigenvalue weighted by Gasteiger charge is -2.33. The van der Waals surface area contributed by atoms with Gasteiger partial charge in [0, 0.05) is 31.6 Å². The van der Waals surface area contributed by atoms with Gasteiger partial charge in [0.2, 0.25) is 10.0 Å². The Bertz CT molecular complexity index is 927. The number of benzene rings is 1. The summed E-state index contributed by atoms with van der Waals surface area (Å²) >= 11 is 0. The molecule has 0 N–H and O–H groups in total. The Kier molecular flexibility index (Phi) is 5.76. The number of sulfonamides is 1. The highest BCUT2D eigenvalue weighted by Gasteiger charge is 2.30. The van der Waals surface area contributed by atoms with Crippen molar-refractivity contribution in [2.24, 2.45) is 0 Å². The molecule has 27 heavy (non-hydrogen) atoms. The first kappa shape index (κ1) is 19.3. The molecular weight excluding hydrogens is 366 g/mol. The lowest BCUT2D eigenvalue weighted by Crippen LogP contribution is -2.50. The Labute approximate surface area is 159 Å². The van der Waals surface area contributed by atoms with Crippen LogP contribution in [-0.2, 0) is 16.4 Å². The fourth-order valence-electron chi connectivity index (χ4n) is 3.05. The van der Waals surface area contributed by atoms with Gasteiger partial charge in [-0.05, 0) is 25.0 Å². The first-order valence-electron chi connectivity index (χ1n) is 8.90. The fraction of sp³-hybridized carbons (Fsp3) is 0.368. The molecule has 1 amide bonds. The summed E-state index contributed by atoms with van der Waals surface area (Å²) in [7, 11) is -3.52. The monoisotopic (exact) mass is 389 g/mol. The Balaban J connectivity index is 1.65. The Morgan fingerprint density at radius 2 is 1.85 bits per heavy atom. The van der Waals surface area contributed by atoms with Gasteiger partial charge in [0.05, 0.1) is 5.69 Å². The molecule has 2 aromatic rings. The highest BCUT2D eigenvalue weighted by Crippen LogP contribution is 2.19. The summed E-state index contributed by atoms with van der Waals surface area (Å²) in [4.78, 5) is 14.4. The van der Waals surface area contributed by atoms with E-state index in [1.165, 1.54) is 9.71 Å². The number of rotatable bonds is 5. The van der Waals surface area contributed by atoms with Crippen LogP contribution in [0.3, 0.4) is 0 Å². The molecule has 2 heterocycles. The lowest BCUT2D eigenvalue weighted by atomic mass is 10.1. The topological polar surface area (TPSA) is 83.7 Å². The molecule has 3 rings (SSSR count). The molecule has 0 aliphatic carbocycles. The summed E-state index contributed by atoms with van der Waals surface area (Å²) < 4.78 is 31.6. The standard InChI is InChI=1S/C19H23N3O4S/c1-3-17-18(15(2)26-20-17)19(23)21-10-12-22(13-11-21)27(24,25)14-9-16-7-5-4-6-8-16/h4-9,14H,3,10-13H2,1-2H3. The third kappa shape index (κ3) is 4.28. The largest absolute Gasteiger partial charge is 0.361 e. The summed E-state index contributed by atoms with van der Waals surface area (Å²) in [5.41, 5.74) is 1.96. The van der Waals surface area contributed by atoms with E-state index in [0.29, 0.717) is 36.5 Å². The molecule has 1 aromatic carbocycles. The van der Waals surface area contributed by atoms with Crippen molar-refractivity contribution in [3.05, 3.63) is 58.3 Å². The zero-order valence-corrected chi connectivity index (χ0v) is 16.3. The van der Waals surface area contributed by atoms with E-state index in [0.717, 1.165) is 5.56 Å².